The summed E-state index contributed by atoms with van der Waals surface area (Å²) in [5.41, 5.74) is 0.989. The van der Waals surface area contributed by atoms with Crippen molar-refractivity contribution in [3.05, 3.63) is 45.5 Å². The Balaban J connectivity index is 2.28. The zero-order chi connectivity index (χ0) is 17.7. The zero-order valence-electron chi connectivity index (χ0n) is 14.2. The van der Waals surface area contributed by atoms with Gasteiger partial charge in [0.1, 0.15) is 12.2 Å². The number of aryl methyl sites for hydroxylation is 1. The third-order valence-corrected chi connectivity index (χ3v) is 5.20. The average molecular weight is 349 g/mol. The molecule has 0 bridgehead atoms. The fourth-order valence-corrected chi connectivity index (χ4v) is 3.80. The van der Waals surface area contributed by atoms with Gasteiger partial charge in [-0.1, -0.05) is 32.8 Å². The van der Waals surface area contributed by atoms with E-state index in [2.05, 4.69) is 19.2 Å². The molecular weight excluding hydrogens is 326 g/mol. The van der Waals surface area contributed by atoms with Crippen molar-refractivity contribution in [3.63, 3.8) is 0 Å². The first-order valence-electron chi connectivity index (χ1n) is 8.10. The van der Waals surface area contributed by atoms with Crippen LogP contribution in [0.15, 0.2) is 28.2 Å². The van der Waals surface area contributed by atoms with E-state index in [1.54, 1.807) is 18.3 Å². The van der Waals surface area contributed by atoms with E-state index in [1.807, 2.05) is 17.5 Å². The van der Waals surface area contributed by atoms with Gasteiger partial charge < -0.3 is 14.8 Å². The highest BCUT2D eigenvalue weighted by Crippen LogP contribution is 2.31. The number of nitrogens with one attached hydrogen (secondary N) is 1. The van der Waals surface area contributed by atoms with E-state index in [1.165, 1.54) is 6.26 Å². The maximum Gasteiger partial charge on any atom is 0.311 e. The normalized spacial score (nSPS) is 12.3. The summed E-state index contributed by atoms with van der Waals surface area (Å²) in [7, 11) is 0. The molecule has 0 aliphatic heterocycles. The summed E-state index contributed by atoms with van der Waals surface area (Å²) in [4.78, 5) is 24.9. The van der Waals surface area contributed by atoms with Crippen molar-refractivity contribution in [2.75, 3.05) is 0 Å². The Morgan fingerprint density at radius 1 is 1.33 bits per heavy atom. The quantitative estimate of drug-likeness (QED) is 0.749. The van der Waals surface area contributed by atoms with E-state index in [0.717, 1.165) is 17.7 Å². The fraction of sp³-hybridized carbons (Fsp3) is 0.444. The number of amides is 1. The van der Waals surface area contributed by atoms with Gasteiger partial charge in [-0.25, -0.2) is 0 Å². The molecular formula is C18H23NO4S. The molecule has 2 N–H and O–H groups in total. The molecule has 24 heavy (non-hydrogen) atoms. The number of thiophene rings is 1. The minimum absolute atomic E-state index is 0.0838. The number of hydrogen-bond donors (Lipinski definition) is 2. The predicted octanol–water partition coefficient (Wildman–Crippen LogP) is 4.18. The lowest BCUT2D eigenvalue weighted by atomic mass is 9.92. The van der Waals surface area contributed by atoms with Crippen molar-refractivity contribution >= 4 is 23.2 Å². The summed E-state index contributed by atoms with van der Waals surface area (Å²) < 4.78 is 5.27. The molecule has 1 unspecified atom stereocenters. The molecule has 0 saturated heterocycles. The molecule has 130 valence electrons. The number of carboxylic acid groups (broad SMARTS) is 1. The molecule has 1 atom stereocenters. The second-order valence-corrected chi connectivity index (χ2v) is 6.81. The van der Waals surface area contributed by atoms with Crippen molar-refractivity contribution in [2.45, 2.75) is 46.1 Å². The summed E-state index contributed by atoms with van der Waals surface area (Å²) in [5, 5.41) is 14.1. The molecule has 2 heterocycles. The van der Waals surface area contributed by atoms with Crippen LogP contribution in [0.2, 0.25) is 0 Å². The first kappa shape index (κ1) is 18.3. The van der Waals surface area contributed by atoms with Crippen molar-refractivity contribution < 1.29 is 19.1 Å². The number of hydrogen-bond acceptors (Lipinski definition) is 4. The molecule has 0 radical (unpaired) electrons. The van der Waals surface area contributed by atoms with E-state index in [9.17, 15) is 9.59 Å². The molecule has 0 aliphatic carbocycles. The van der Waals surface area contributed by atoms with Gasteiger partial charge in [0, 0.05) is 10.4 Å². The van der Waals surface area contributed by atoms with Crippen LogP contribution in [0.5, 0.6) is 0 Å². The van der Waals surface area contributed by atoms with Gasteiger partial charge >= 0.3 is 5.97 Å². The van der Waals surface area contributed by atoms with E-state index in [-0.39, 0.29) is 24.1 Å². The Labute approximate surface area is 145 Å². The highest BCUT2D eigenvalue weighted by atomic mass is 32.1. The second-order valence-electron chi connectivity index (χ2n) is 5.83. The molecule has 2 aromatic heterocycles. The van der Waals surface area contributed by atoms with Crippen LogP contribution in [-0.2, 0) is 11.2 Å². The molecule has 0 fully saturated rings. The Morgan fingerprint density at radius 2 is 2.04 bits per heavy atom. The predicted molar refractivity (Wildman–Crippen MR) is 93.4 cm³/mol. The molecule has 2 rings (SSSR count). The zero-order valence-corrected chi connectivity index (χ0v) is 15.0. The summed E-state index contributed by atoms with van der Waals surface area (Å²) in [5.74, 6) is -0.772. The van der Waals surface area contributed by atoms with Crippen LogP contribution in [0.1, 0.15) is 59.3 Å². The first-order valence-corrected chi connectivity index (χ1v) is 8.98. The lowest BCUT2D eigenvalue weighted by Gasteiger charge is -2.25. The van der Waals surface area contributed by atoms with Gasteiger partial charge in [-0.2, -0.15) is 0 Å². The lowest BCUT2D eigenvalue weighted by Crippen LogP contribution is -2.33. The van der Waals surface area contributed by atoms with Crippen molar-refractivity contribution in [3.8, 4) is 0 Å². The molecule has 0 aromatic carbocycles. The lowest BCUT2D eigenvalue weighted by molar-refractivity contribution is -0.136. The van der Waals surface area contributed by atoms with Crippen LogP contribution >= 0.6 is 11.3 Å². The summed E-state index contributed by atoms with van der Waals surface area (Å²) in [6.45, 7) is 5.97. The number of carbonyl (C=O) groups is 2. The van der Waals surface area contributed by atoms with Crippen molar-refractivity contribution in [1.82, 2.24) is 5.32 Å². The summed E-state index contributed by atoms with van der Waals surface area (Å²) >= 11 is 1.62. The Morgan fingerprint density at radius 3 is 2.58 bits per heavy atom. The van der Waals surface area contributed by atoms with E-state index in [4.69, 9.17) is 9.52 Å². The molecule has 6 heteroatoms. The van der Waals surface area contributed by atoms with Crippen molar-refractivity contribution in [1.29, 1.82) is 0 Å². The van der Waals surface area contributed by atoms with Crippen LogP contribution in [0.3, 0.4) is 0 Å². The van der Waals surface area contributed by atoms with Gasteiger partial charge in [0.25, 0.3) is 5.91 Å². The number of rotatable bonds is 8. The second kappa shape index (κ2) is 8.15. The number of aliphatic carboxylic acids is 1. The maximum absolute atomic E-state index is 12.8. The van der Waals surface area contributed by atoms with Crippen LogP contribution in [-0.4, -0.2) is 17.0 Å². The monoisotopic (exact) mass is 349 g/mol. The third kappa shape index (κ3) is 4.06. The minimum Gasteiger partial charge on any atom is -0.481 e. The smallest absolute Gasteiger partial charge is 0.311 e. The Hall–Kier alpha value is -2.08. The van der Waals surface area contributed by atoms with Gasteiger partial charge in [-0.3, -0.25) is 9.59 Å². The summed E-state index contributed by atoms with van der Waals surface area (Å²) in [6, 6.07) is 3.91. The largest absolute Gasteiger partial charge is 0.481 e. The van der Waals surface area contributed by atoms with Gasteiger partial charge in [0.05, 0.1) is 17.9 Å². The number of furan rings is 1. The number of carboxylic acids is 1. The SMILES string of the molecule is CCC(CC)C(NC(=O)c1c(C)coc1CC(=O)O)c1cccs1. The Kier molecular flexibility index (Phi) is 6.20. The van der Waals surface area contributed by atoms with Gasteiger partial charge in [-0.15, -0.1) is 11.3 Å². The van der Waals surface area contributed by atoms with E-state index in [0.29, 0.717) is 17.0 Å². The van der Waals surface area contributed by atoms with Gasteiger partial charge in [0.15, 0.2) is 0 Å². The first-order chi connectivity index (χ1) is 11.5. The molecule has 0 saturated carbocycles. The standard InChI is InChI=1S/C18H23NO4S/c1-4-12(5-2)17(14-7-6-8-24-14)19-18(22)16-11(3)10-23-13(16)9-15(20)21/h6-8,10,12,17H,4-5,9H2,1-3H3,(H,19,22)(H,20,21). The fourth-order valence-electron chi connectivity index (χ4n) is 2.93. The Bertz CT molecular complexity index is 686. The molecule has 2 aromatic rings. The number of carbonyl (C=O) groups excluding carboxylic acids is 1. The maximum atomic E-state index is 12.8. The van der Waals surface area contributed by atoms with Gasteiger partial charge in [-0.05, 0) is 24.3 Å². The highest BCUT2D eigenvalue weighted by molar-refractivity contribution is 7.10. The molecule has 0 spiro atoms. The minimum atomic E-state index is -1.02. The molecule has 1 amide bonds. The third-order valence-electron chi connectivity index (χ3n) is 4.25. The van der Waals surface area contributed by atoms with E-state index >= 15 is 0 Å². The van der Waals surface area contributed by atoms with Crippen LogP contribution < -0.4 is 5.32 Å². The van der Waals surface area contributed by atoms with Gasteiger partial charge in [0.2, 0.25) is 0 Å². The molecule has 5 nitrogen and oxygen atoms in total. The van der Waals surface area contributed by atoms with E-state index < -0.39 is 5.97 Å². The highest BCUT2D eigenvalue weighted by Gasteiger charge is 2.27. The average Bonchev–Trinajstić information content (AvgIpc) is 3.17. The topological polar surface area (TPSA) is 79.5 Å². The van der Waals surface area contributed by atoms with Crippen LogP contribution in [0.4, 0.5) is 0 Å². The van der Waals surface area contributed by atoms with Crippen LogP contribution in [0.25, 0.3) is 0 Å². The van der Waals surface area contributed by atoms with Crippen molar-refractivity contribution in [2.24, 2.45) is 5.92 Å². The molecule has 0 aliphatic rings. The van der Waals surface area contributed by atoms with Crippen LogP contribution in [0, 0.1) is 12.8 Å². The summed E-state index contributed by atoms with van der Waals surface area (Å²) in [6.07, 6.45) is 3.03.